The number of carbonyl (C=O) groups is 1. The van der Waals surface area contributed by atoms with Crippen molar-refractivity contribution in [1.29, 1.82) is 0 Å². The van der Waals surface area contributed by atoms with E-state index < -0.39 is 6.23 Å². The fourth-order valence-corrected chi connectivity index (χ4v) is 3.07. The number of amides is 2. The number of hydrogen-bond donors (Lipinski definition) is 1. The largest absolute Gasteiger partial charge is 0.469 e. The molecule has 1 atom stereocenters. The summed E-state index contributed by atoms with van der Waals surface area (Å²) < 4.78 is 5.42. The van der Waals surface area contributed by atoms with Gasteiger partial charge in [-0.3, -0.25) is 0 Å². The first-order valence-electron chi connectivity index (χ1n) is 8.01. The Bertz CT molecular complexity index is 535. The van der Waals surface area contributed by atoms with Gasteiger partial charge in [0, 0.05) is 19.5 Å². The highest BCUT2D eigenvalue weighted by atomic mass is 32.1. The molecule has 0 aliphatic carbocycles. The monoisotopic (exact) mass is 340 g/mol. The lowest BCUT2D eigenvalue weighted by atomic mass is 10.2. The molecule has 1 aliphatic rings. The molecule has 23 heavy (non-hydrogen) atoms. The highest BCUT2D eigenvalue weighted by molar-refractivity contribution is 7.17. The summed E-state index contributed by atoms with van der Waals surface area (Å²) in [6, 6.07) is -0.220. The van der Waals surface area contributed by atoms with Gasteiger partial charge in [-0.2, -0.15) is 0 Å². The molecule has 0 bridgehead atoms. The van der Waals surface area contributed by atoms with E-state index in [-0.39, 0.29) is 6.03 Å². The molecule has 7 nitrogen and oxygen atoms in total. The summed E-state index contributed by atoms with van der Waals surface area (Å²) in [4.78, 5) is 15.7. The normalized spacial score (nSPS) is 18.9. The van der Waals surface area contributed by atoms with Crippen LogP contribution in [0.2, 0.25) is 0 Å². The van der Waals surface area contributed by atoms with Crippen LogP contribution in [0.5, 0.6) is 5.19 Å². The summed E-state index contributed by atoms with van der Waals surface area (Å²) in [7, 11) is 0. The van der Waals surface area contributed by atoms with Crippen molar-refractivity contribution in [2.24, 2.45) is 0 Å². The maximum atomic E-state index is 12.6. The average molecular weight is 340 g/mol. The molecule has 1 aromatic rings. The molecule has 128 valence electrons. The van der Waals surface area contributed by atoms with Crippen molar-refractivity contribution < 1.29 is 14.6 Å². The van der Waals surface area contributed by atoms with E-state index in [1.807, 2.05) is 19.9 Å². The zero-order valence-electron chi connectivity index (χ0n) is 13.6. The van der Waals surface area contributed by atoms with Crippen LogP contribution in [-0.4, -0.2) is 52.2 Å². The van der Waals surface area contributed by atoms with Crippen LogP contribution >= 0.6 is 11.3 Å². The molecule has 0 spiro atoms. The predicted octanol–water partition coefficient (Wildman–Crippen LogP) is 2.63. The number of unbranched alkanes of at least 4 members (excludes halogenated alkanes) is 1. The Labute approximate surface area is 140 Å². The van der Waals surface area contributed by atoms with Gasteiger partial charge in [-0.1, -0.05) is 24.2 Å². The second kappa shape index (κ2) is 8.83. The second-order valence-corrected chi connectivity index (χ2v) is 6.24. The second-order valence-electron chi connectivity index (χ2n) is 5.32. The zero-order chi connectivity index (χ0) is 16.7. The smallest absolute Gasteiger partial charge is 0.328 e. The van der Waals surface area contributed by atoms with Gasteiger partial charge in [-0.25, -0.2) is 9.69 Å². The number of aliphatic hydroxyl groups excluding tert-OH is 1. The molecule has 1 aromatic heterocycles. The fraction of sp³-hybridized carbons (Fsp3) is 0.667. The van der Waals surface area contributed by atoms with Gasteiger partial charge in [0.15, 0.2) is 0 Å². The Morgan fingerprint density at radius 2 is 2.30 bits per heavy atom. The van der Waals surface area contributed by atoms with E-state index in [0.29, 0.717) is 36.4 Å². The molecule has 2 rings (SSSR count). The van der Waals surface area contributed by atoms with Crippen molar-refractivity contribution in [3.05, 3.63) is 12.2 Å². The Morgan fingerprint density at radius 1 is 1.48 bits per heavy atom. The third kappa shape index (κ3) is 4.65. The third-order valence-corrected chi connectivity index (χ3v) is 4.33. The van der Waals surface area contributed by atoms with Crippen molar-refractivity contribution in [3.63, 3.8) is 0 Å². The van der Waals surface area contributed by atoms with Crippen LogP contribution in [0.3, 0.4) is 0 Å². The van der Waals surface area contributed by atoms with E-state index in [9.17, 15) is 9.90 Å². The summed E-state index contributed by atoms with van der Waals surface area (Å²) in [5.41, 5.74) is 0. The number of ether oxygens (including phenoxy) is 1. The third-order valence-electron chi connectivity index (χ3n) is 3.50. The Balaban J connectivity index is 2.00. The van der Waals surface area contributed by atoms with E-state index in [2.05, 4.69) is 16.3 Å². The molecule has 1 N–H and O–H groups in total. The standard InChI is InChI=1S/C15H24N4O3S/c1-3-5-6-7-9-18-10-8-12(20)19(15(18)21)13-16-17-14(23-13)22-11-4-2/h3,5,12,20H,4,6-11H2,1-2H3/b5-3+. The minimum Gasteiger partial charge on any atom is -0.469 e. The molecule has 1 unspecified atom stereocenters. The minimum atomic E-state index is -0.860. The summed E-state index contributed by atoms with van der Waals surface area (Å²) in [6.45, 7) is 5.78. The molecule has 2 amide bonds. The summed E-state index contributed by atoms with van der Waals surface area (Å²) in [5, 5.41) is 18.9. The number of hydrogen-bond acceptors (Lipinski definition) is 6. The lowest BCUT2D eigenvalue weighted by Crippen LogP contribution is -2.54. The van der Waals surface area contributed by atoms with Gasteiger partial charge in [0.25, 0.3) is 5.19 Å². The summed E-state index contributed by atoms with van der Waals surface area (Å²) in [6.07, 6.45) is 6.45. The zero-order valence-corrected chi connectivity index (χ0v) is 14.5. The summed E-state index contributed by atoms with van der Waals surface area (Å²) >= 11 is 1.18. The molecule has 0 radical (unpaired) electrons. The molecular weight excluding hydrogens is 316 g/mol. The van der Waals surface area contributed by atoms with Crippen LogP contribution in [0, 0.1) is 0 Å². The van der Waals surface area contributed by atoms with Gasteiger partial charge < -0.3 is 14.7 Å². The Kier molecular flexibility index (Phi) is 6.79. The van der Waals surface area contributed by atoms with Gasteiger partial charge in [-0.15, -0.1) is 5.10 Å². The SMILES string of the molecule is C/C=C/CCCN1CCC(O)N(c2nnc(OCCC)s2)C1=O. The molecule has 0 saturated carbocycles. The number of rotatable bonds is 8. The Hall–Kier alpha value is -1.67. The lowest BCUT2D eigenvalue weighted by molar-refractivity contribution is 0.108. The predicted molar refractivity (Wildman–Crippen MR) is 89.8 cm³/mol. The Morgan fingerprint density at radius 3 is 3.04 bits per heavy atom. The molecule has 1 aliphatic heterocycles. The number of urea groups is 1. The van der Waals surface area contributed by atoms with Crippen LogP contribution in [-0.2, 0) is 0 Å². The molecule has 1 fully saturated rings. The summed E-state index contributed by atoms with van der Waals surface area (Å²) in [5.74, 6) is 0. The molecular formula is C15H24N4O3S. The molecule has 0 aromatic carbocycles. The van der Waals surface area contributed by atoms with Crippen LogP contribution < -0.4 is 9.64 Å². The topological polar surface area (TPSA) is 78.8 Å². The van der Waals surface area contributed by atoms with Crippen LogP contribution in [0.1, 0.15) is 39.5 Å². The molecule has 2 heterocycles. The highest BCUT2D eigenvalue weighted by Crippen LogP contribution is 2.30. The van der Waals surface area contributed by atoms with E-state index in [0.717, 1.165) is 19.3 Å². The first kappa shape index (κ1) is 17.7. The van der Waals surface area contributed by atoms with Gasteiger partial charge >= 0.3 is 6.03 Å². The maximum Gasteiger partial charge on any atom is 0.328 e. The number of anilines is 1. The number of nitrogens with zero attached hydrogens (tertiary/aromatic N) is 4. The van der Waals surface area contributed by atoms with Crippen molar-refractivity contribution in [3.8, 4) is 5.19 Å². The number of aromatic nitrogens is 2. The van der Waals surface area contributed by atoms with Crippen LogP contribution in [0.4, 0.5) is 9.93 Å². The minimum absolute atomic E-state index is 0.220. The van der Waals surface area contributed by atoms with E-state index in [1.54, 1.807) is 4.90 Å². The molecule has 1 saturated heterocycles. The van der Waals surface area contributed by atoms with E-state index >= 15 is 0 Å². The van der Waals surface area contributed by atoms with Gasteiger partial charge in [-0.05, 0) is 37.5 Å². The van der Waals surface area contributed by atoms with Crippen LogP contribution in [0.15, 0.2) is 12.2 Å². The quantitative estimate of drug-likeness (QED) is 0.581. The lowest BCUT2D eigenvalue weighted by Gasteiger charge is -2.37. The van der Waals surface area contributed by atoms with Gasteiger partial charge in [0.1, 0.15) is 6.23 Å². The average Bonchev–Trinajstić information content (AvgIpc) is 3.00. The number of allylic oxidation sites excluding steroid dienone is 2. The number of carbonyl (C=O) groups excluding carboxylic acids is 1. The fourth-order valence-electron chi connectivity index (χ4n) is 2.31. The highest BCUT2D eigenvalue weighted by Gasteiger charge is 2.35. The first-order valence-corrected chi connectivity index (χ1v) is 8.82. The van der Waals surface area contributed by atoms with E-state index in [4.69, 9.17) is 4.74 Å². The first-order chi connectivity index (χ1) is 11.2. The van der Waals surface area contributed by atoms with Crippen molar-refractivity contribution in [1.82, 2.24) is 15.1 Å². The van der Waals surface area contributed by atoms with Gasteiger partial charge in [0.05, 0.1) is 6.61 Å². The van der Waals surface area contributed by atoms with E-state index in [1.165, 1.54) is 16.2 Å². The van der Waals surface area contributed by atoms with Crippen molar-refractivity contribution >= 4 is 22.5 Å². The van der Waals surface area contributed by atoms with Crippen LogP contribution in [0.25, 0.3) is 0 Å². The number of aliphatic hydroxyl groups is 1. The van der Waals surface area contributed by atoms with Crippen molar-refractivity contribution in [2.45, 2.75) is 45.8 Å². The molecule has 8 heteroatoms. The van der Waals surface area contributed by atoms with Gasteiger partial charge in [0.2, 0.25) is 5.13 Å². The van der Waals surface area contributed by atoms with Crippen molar-refractivity contribution in [2.75, 3.05) is 24.6 Å². The maximum absolute atomic E-state index is 12.6.